The molecule has 0 unspecified atom stereocenters. The minimum Gasteiger partial charge on any atom is -0.367 e. The number of nitrogens with two attached hydrogens (primary N) is 1. The van der Waals surface area contributed by atoms with E-state index in [1.807, 2.05) is 0 Å². The highest BCUT2D eigenvalue weighted by Crippen LogP contribution is 2.38. The summed E-state index contributed by atoms with van der Waals surface area (Å²) in [7, 11) is 0. The minimum atomic E-state index is -4.43. The Balaban J connectivity index is 2.64. The molecule has 1 aromatic heterocycles. The van der Waals surface area contributed by atoms with Crippen LogP contribution in [0.3, 0.4) is 0 Å². The van der Waals surface area contributed by atoms with Gasteiger partial charge in [-0.3, -0.25) is 0 Å². The first-order chi connectivity index (χ1) is 7.91. The molecule has 2 aromatic rings. The van der Waals surface area contributed by atoms with Crippen molar-refractivity contribution in [1.29, 1.82) is 0 Å². The lowest BCUT2D eigenvalue weighted by atomic mass is 10.0. The fourth-order valence-corrected chi connectivity index (χ4v) is 1.54. The lowest BCUT2D eigenvalue weighted by Crippen LogP contribution is -2.07. The van der Waals surface area contributed by atoms with Crippen LogP contribution in [0.15, 0.2) is 28.8 Å². The van der Waals surface area contributed by atoms with Gasteiger partial charge in [-0.2, -0.15) is 13.2 Å². The van der Waals surface area contributed by atoms with E-state index in [-0.39, 0.29) is 17.1 Å². The lowest BCUT2D eigenvalue weighted by Gasteiger charge is -2.10. The van der Waals surface area contributed by atoms with Gasteiger partial charge in [-0.25, -0.2) is 0 Å². The predicted octanol–water partition coefficient (Wildman–Crippen LogP) is 3.25. The first-order valence-corrected chi connectivity index (χ1v) is 4.79. The molecule has 17 heavy (non-hydrogen) atoms. The normalized spacial score (nSPS) is 11.8. The maximum atomic E-state index is 12.8. The molecule has 0 saturated carbocycles. The summed E-state index contributed by atoms with van der Waals surface area (Å²) in [6, 6.07) is 5.17. The molecule has 0 aliphatic rings. The molecule has 0 atom stereocenters. The van der Waals surface area contributed by atoms with E-state index in [9.17, 15) is 13.2 Å². The van der Waals surface area contributed by atoms with Crippen LogP contribution >= 0.6 is 0 Å². The van der Waals surface area contributed by atoms with Gasteiger partial charge in [0, 0.05) is 11.1 Å². The van der Waals surface area contributed by atoms with Crippen molar-refractivity contribution in [1.82, 2.24) is 5.16 Å². The zero-order valence-corrected chi connectivity index (χ0v) is 8.88. The second-order valence-electron chi connectivity index (χ2n) is 3.56. The zero-order valence-electron chi connectivity index (χ0n) is 8.88. The second kappa shape index (κ2) is 3.80. The van der Waals surface area contributed by atoms with Crippen LogP contribution in [0.25, 0.3) is 11.3 Å². The first kappa shape index (κ1) is 11.5. The molecule has 2 N–H and O–H groups in total. The number of hydrogen-bond donors (Lipinski definition) is 1. The number of nitrogens with zero attached hydrogens (tertiary/aromatic N) is 1. The van der Waals surface area contributed by atoms with E-state index in [2.05, 4.69) is 9.68 Å². The summed E-state index contributed by atoms with van der Waals surface area (Å²) in [5.74, 6) is 0.0250. The van der Waals surface area contributed by atoms with Gasteiger partial charge in [0.25, 0.3) is 0 Å². The highest BCUT2D eigenvalue weighted by molar-refractivity contribution is 5.70. The van der Waals surface area contributed by atoms with Crippen molar-refractivity contribution < 1.29 is 17.7 Å². The van der Waals surface area contributed by atoms with Crippen LogP contribution in [0, 0.1) is 6.92 Å². The van der Waals surface area contributed by atoms with Gasteiger partial charge in [-0.05, 0) is 13.0 Å². The molecule has 0 spiro atoms. The molecule has 0 radical (unpaired) electrons. The molecule has 1 aromatic carbocycles. The molecular weight excluding hydrogens is 233 g/mol. The van der Waals surface area contributed by atoms with E-state index < -0.39 is 11.7 Å². The molecule has 1 heterocycles. The molecule has 2 rings (SSSR count). The molecule has 0 aliphatic heterocycles. The third kappa shape index (κ3) is 1.98. The van der Waals surface area contributed by atoms with Crippen LogP contribution in [0.1, 0.15) is 11.1 Å². The number of aromatic nitrogens is 1. The number of benzene rings is 1. The highest BCUT2D eigenvalue weighted by Gasteiger charge is 2.34. The molecular formula is C11H9F3N2O. The quantitative estimate of drug-likeness (QED) is 0.835. The molecule has 0 amide bonds. The Morgan fingerprint density at radius 2 is 1.88 bits per heavy atom. The van der Waals surface area contributed by atoms with Gasteiger partial charge < -0.3 is 10.3 Å². The zero-order chi connectivity index (χ0) is 12.6. The number of alkyl halides is 3. The van der Waals surface area contributed by atoms with Gasteiger partial charge in [-0.1, -0.05) is 23.4 Å². The summed E-state index contributed by atoms with van der Waals surface area (Å²) in [5.41, 5.74) is 5.17. The van der Waals surface area contributed by atoms with Crippen molar-refractivity contribution >= 4 is 5.88 Å². The van der Waals surface area contributed by atoms with Gasteiger partial charge in [0.15, 0.2) is 0 Å². The molecule has 6 heteroatoms. The van der Waals surface area contributed by atoms with Crippen LogP contribution < -0.4 is 5.73 Å². The Morgan fingerprint density at radius 1 is 1.24 bits per heavy atom. The Bertz CT molecular complexity index is 546. The summed E-state index contributed by atoms with van der Waals surface area (Å²) < 4.78 is 43.0. The Kier molecular flexibility index (Phi) is 2.57. The van der Waals surface area contributed by atoms with Crippen LogP contribution in [-0.4, -0.2) is 5.16 Å². The second-order valence-corrected chi connectivity index (χ2v) is 3.56. The third-order valence-corrected chi connectivity index (χ3v) is 2.45. The van der Waals surface area contributed by atoms with E-state index in [1.165, 1.54) is 18.2 Å². The van der Waals surface area contributed by atoms with Crippen molar-refractivity contribution in [2.45, 2.75) is 13.1 Å². The van der Waals surface area contributed by atoms with Crippen LogP contribution in [0.4, 0.5) is 19.1 Å². The summed E-state index contributed by atoms with van der Waals surface area (Å²) in [6.45, 7) is 1.56. The van der Waals surface area contributed by atoms with Gasteiger partial charge in [0.1, 0.15) is 5.69 Å². The standard InChI is InChI=1S/C11H9F3N2O/c1-6-9(16-17-10(6)15)7-4-2-3-5-8(7)11(12,13)14/h2-5H,15H2,1H3. The number of halogens is 3. The van der Waals surface area contributed by atoms with Crippen LogP contribution in [0.2, 0.25) is 0 Å². The molecule has 0 saturated heterocycles. The van der Waals surface area contributed by atoms with Gasteiger partial charge in [0.2, 0.25) is 5.88 Å². The van der Waals surface area contributed by atoms with E-state index in [0.29, 0.717) is 5.56 Å². The van der Waals surface area contributed by atoms with Crippen LogP contribution in [-0.2, 0) is 6.18 Å². The average molecular weight is 242 g/mol. The summed E-state index contributed by atoms with van der Waals surface area (Å²) in [4.78, 5) is 0. The average Bonchev–Trinajstić information content (AvgIpc) is 2.59. The Labute approximate surface area is 95.0 Å². The molecule has 90 valence electrons. The Morgan fingerprint density at radius 3 is 2.41 bits per heavy atom. The van der Waals surface area contributed by atoms with E-state index in [1.54, 1.807) is 6.92 Å². The number of hydrogen-bond acceptors (Lipinski definition) is 3. The van der Waals surface area contributed by atoms with Gasteiger partial charge in [0.05, 0.1) is 5.56 Å². The summed E-state index contributed by atoms with van der Waals surface area (Å²) in [5, 5.41) is 3.56. The maximum Gasteiger partial charge on any atom is 0.417 e. The van der Waals surface area contributed by atoms with Gasteiger partial charge >= 0.3 is 6.18 Å². The van der Waals surface area contributed by atoms with Gasteiger partial charge in [-0.15, -0.1) is 0 Å². The summed E-state index contributed by atoms with van der Waals surface area (Å²) in [6.07, 6.45) is -4.43. The topological polar surface area (TPSA) is 52.0 Å². The number of anilines is 1. The molecule has 3 nitrogen and oxygen atoms in total. The monoisotopic (exact) mass is 242 g/mol. The molecule has 0 fully saturated rings. The SMILES string of the molecule is Cc1c(-c2ccccc2C(F)(F)F)noc1N. The third-order valence-electron chi connectivity index (χ3n) is 2.45. The molecule has 0 bridgehead atoms. The largest absolute Gasteiger partial charge is 0.417 e. The van der Waals surface area contributed by atoms with Crippen LogP contribution in [0.5, 0.6) is 0 Å². The highest BCUT2D eigenvalue weighted by atomic mass is 19.4. The fraction of sp³-hybridized carbons (Fsp3) is 0.182. The summed E-state index contributed by atoms with van der Waals surface area (Å²) >= 11 is 0. The van der Waals surface area contributed by atoms with Crippen molar-refractivity contribution in [3.05, 3.63) is 35.4 Å². The predicted molar refractivity (Wildman–Crippen MR) is 56.1 cm³/mol. The smallest absolute Gasteiger partial charge is 0.367 e. The van der Waals surface area contributed by atoms with Crippen molar-refractivity contribution in [3.8, 4) is 11.3 Å². The van der Waals surface area contributed by atoms with Crippen molar-refractivity contribution in [3.63, 3.8) is 0 Å². The Hall–Kier alpha value is -1.98. The van der Waals surface area contributed by atoms with Crippen molar-refractivity contribution in [2.24, 2.45) is 0 Å². The molecule has 0 aliphatic carbocycles. The fourth-order valence-electron chi connectivity index (χ4n) is 1.54. The van der Waals surface area contributed by atoms with E-state index in [0.717, 1.165) is 6.07 Å². The lowest BCUT2D eigenvalue weighted by molar-refractivity contribution is -0.137. The van der Waals surface area contributed by atoms with E-state index >= 15 is 0 Å². The van der Waals surface area contributed by atoms with Crippen molar-refractivity contribution in [2.75, 3.05) is 5.73 Å². The maximum absolute atomic E-state index is 12.8. The van der Waals surface area contributed by atoms with E-state index in [4.69, 9.17) is 5.73 Å². The minimum absolute atomic E-state index is 0.0250. The number of rotatable bonds is 1. The number of nitrogen functional groups attached to an aromatic ring is 1. The first-order valence-electron chi connectivity index (χ1n) is 4.79.